The van der Waals surface area contributed by atoms with E-state index >= 15 is 0 Å². The van der Waals surface area contributed by atoms with Gasteiger partial charge in [-0.05, 0) is 25.5 Å². The summed E-state index contributed by atoms with van der Waals surface area (Å²) >= 11 is 5.98. The SMILES string of the molecule is CCC(C)Nc1onc(-c2cccc(Cl)c2)c1C(=O)OC. The summed E-state index contributed by atoms with van der Waals surface area (Å²) in [5.41, 5.74) is 1.39. The Kier molecular flexibility index (Phi) is 4.85. The molecule has 1 aromatic heterocycles. The van der Waals surface area contributed by atoms with Crippen LogP contribution in [-0.4, -0.2) is 24.3 Å². The zero-order valence-corrected chi connectivity index (χ0v) is 12.9. The van der Waals surface area contributed by atoms with Gasteiger partial charge in [-0.25, -0.2) is 4.79 Å². The van der Waals surface area contributed by atoms with Crippen molar-refractivity contribution in [1.82, 2.24) is 5.16 Å². The second kappa shape index (κ2) is 6.63. The summed E-state index contributed by atoms with van der Waals surface area (Å²) in [4.78, 5) is 12.0. The number of nitrogens with zero attached hydrogens (tertiary/aromatic N) is 1. The van der Waals surface area contributed by atoms with Crippen LogP contribution in [0.2, 0.25) is 5.02 Å². The molecule has 5 nitrogen and oxygen atoms in total. The number of carbonyl (C=O) groups is 1. The summed E-state index contributed by atoms with van der Waals surface area (Å²) < 4.78 is 10.1. The highest BCUT2D eigenvalue weighted by molar-refractivity contribution is 6.30. The highest BCUT2D eigenvalue weighted by Crippen LogP contribution is 2.31. The van der Waals surface area contributed by atoms with Crippen molar-refractivity contribution >= 4 is 23.5 Å². The van der Waals surface area contributed by atoms with Gasteiger partial charge in [-0.15, -0.1) is 0 Å². The minimum atomic E-state index is -0.503. The van der Waals surface area contributed by atoms with Crippen molar-refractivity contribution in [1.29, 1.82) is 0 Å². The van der Waals surface area contributed by atoms with Gasteiger partial charge in [-0.3, -0.25) is 0 Å². The second-order valence-electron chi connectivity index (χ2n) is 4.69. The zero-order valence-electron chi connectivity index (χ0n) is 12.1. The van der Waals surface area contributed by atoms with E-state index in [1.165, 1.54) is 7.11 Å². The van der Waals surface area contributed by atoms with Crippen LogP contribution in [0.4, 0.5) is 5.88 Å². The number of aromatic nitrogens is 1. The van der Waals surface area contributed by atoms with E-state index in [1.54, 1.807) is 18.2 Å². The molecule has 1 atom stereocenters. The Morgan fingerprint density at radius 2 is 2.29 bits per heavy atom. The van der Waals surface area contributed by atoms with Crippen molar-refractivity contribution < 1.29 is 14.1 Å². The van der Waals surface area contributed by atoms with Crippen LogP contribution in [0.25, 0.3) is 11.3 Å². The van der Waals surface area contributed by atoms with E-state index in [9.17, 15) is 4.79 Å². The van der Waals surface area contributed by atoms with Gasteiger partial charge in [-0.1, -0.05) is 35.8 Å². The molecule has 0 fully saturated rings. The van der Waals surface area contributed by atoms with Crippen molar-refractivity contribution in [3.63, 3.8) is 0 Å². The maximum atomic E-state index is 12.0. The van der Waals surface area contributed by atoms with Crippen molar-refractivity contribution in [3.8, 4) is 11.3 Å². The lowest BCUT2D eigenvalue weighted by Gasteiger charge is -2.10. The molecule has 1 N–H and O–H groups in total. The van der Waals surface area contributed by atoms with Crippen LogP contribution in [0.15, 0.2) is 28.8 Å². The Labute approximate surface area is 128 Å². The first kappa shape index (κ1) is 15.4. The number of anilines is 1. The number of hydrogen-bond donors (Lipinski definition) is 1. The molecule has 0 bridgehead atoms. The summed E-state index contributed by atoms with van der Waals surface area (Å²) in [7, 11) is 1.32. The number of esters is 1. The third kappa shape index (κ3) is 3.36. The first-order valence-corrected chi connectivity index (χ1v) is 7.05. The van der Waals surface area contributed by atoms with Crippen LogP contribution >= 0.6 is 11.6 Å². The average Bonchev–Trinajstić information content (AvgIpc) is 2.89. The highest BCUT2D eigenvalue weighted by atomic mass is 35.5. The molecule has 0 saturated carbocycles. The lowest BCUT2D eigenvalue weighted by molar-refractivity contribution is 0.0602. The Balaban J connectivity index is 2.49. The molecule has 0 aliphatic carbocycles. The van der Waals surface area contributed by atoms with Crippen molar-refractivity contribution in [2.45, 2.75) is 26.3 Å². The molecule has 0 saturated heterocycles. The quantitative estimate of drug-likeness (QED) is 0.846. The lowest BCUT2D eigenvalue weighted by Crippen LogP contribution is -2.15. The minimum Gasteiger partial charge on any atom is -0.465 e. The standard InChI is InChI=1S/C15H17ClN2O3/c1-4-9(2)17-14-12(15(19)20-3)13(18-21-14)10-6-5-7-11(16)8-10/h5-9,17H,4H2,1-3H3. The molecular formula is C15H17ClN2O3. The van der Waals surface area contributed by atoms with Gasteiger partial charge in [0.25, 0.3) is 0 Å². The number of nitrogens with one attached hydrogen (secondary N) is 1. The number of hydrogen-bond acceptors (Lipinski definition) is 5. The summed E-state index contributed by atoms with van der Waals surface area (Å²) in [6.45, 7) is 4.02. The van der Waals surface area contributed by atoms with Gasteiger partial charge >= 0.3 is 5.97 Å². The molecule has 0 aliphatic rings. The largest absolute Gasteiger partial charge is 0.465 e. The Morgan fingerprint density at radius 1 is 1.52 bits per heavy atom. The Bertz CT molecular complexity index is 640. The normalized spacial score (nSPS) is 12.0. The first-order valence-electron chi connectivity index (χ1n) is 6.67. The molecule has 21 heavy (non-hydrogen) atoms. The summed E-state index contributed by atoms with van der Waals surface area (Å²) in [5.74, 6) is -0.191. The fourth-order valence-corrected chi connectivity index (χ4v) is 2.03. The van der Waals surface area contributed by atoms with Gasteiger partial charge in [-0.2, -0.15) is 0 Å². The van der Waals surface area contributed by atoms with Crippen LogP contribution in [-0.2, 0) is 4.74 Å². The molecule has 0 amide bonds. The molecule has 0 aliphatic heterocycles. The van der Waals surface area contributed by atoms with Gasteiger partial charge in [0, 0.05) is 16.6 Å². The number of ether oxygens (including phenoxy) is 1. The van der Waals surface area contributed by atoms with Crippen LogP contribution in [0.1, 0.15) is 30.6 Å². The van der Waals surface area contributed by atoms with Crippen molar-refractivity contribution in [2.24, 2.45) is 0 Å². The monoisotopic (exact) mass is 308 g/mol. The zero-order chi connectivity index (χ0) is 15.4. The van der Waals surface area contributed by atoms with E-state index < -0.39 is 5.97 Å². The van der Waals surface area contributed by atoms with E-state index in [0.29, 0.717) is 22.2 Å². The Hall–Kier alpha value is -2.01. The summed E-state index contributed by atoms with van der Waals surface area (Å²) in [5, 5.41) is 7.66. The molecule has 1 unspecified atom stereocenters. The predicted molar refractivity (Wildman–Crippen MR) is 81.7 cm³/mol. The number of rotatable bonds is 5. The third-order valence-corrected chi connectivity index (χ3v) is 3.40. The van der Waals surface area contributed by atoms with E-state index in [1.807, 2.05) is 19.9 Å². The van der Waals surface area contributed by atoms with E-state index in [-0.39, 0.29) is 11.6 Å². The molecule has 1 aromatic carbocycles. The van der Waals surface area contributed by atoms with E-state index in [4.69, 9.17) is 20.9 Å². The topological polar surface area (TPSA) is 64.4 Å². The van der Waals surface area contributed by atoms with Crippen LogP contribution < -0.4 is 5.32 Å². The third-order valence-electron chi connectivity index (χ3n) is 3.17. The van der Waals surface area contributed by atoms with Gasteiger partial charge < -0.3 is 14.6 Å². The Morgan fingerprint density at radius 3 is 2.90 bits per heavy atom. The van der Waals surface area contributed by atoms with E-state index in [0.717, 1.165) is 6.42 Å². The van der Waals surface area contributed by atoms with Crippen molar-refractivity contribution in [3.05, 3.63) is 34.9 Å². The summed E-state index contributed by atoms with van der Waals surface area (Å²) in [6, 6.07) is 7.21. The number of halogens is 1. The molecule has 6 heteroatoms. The first-order chi connectivity index (χ1) is 10.1. The summed E-state index contributed by atoms with van der Waals surface area (Å²) in [6.07, 6.45) is 0.883. The van der Waals surface area contributed by atoms with Gasteiger partial charge in [0.2, 0.25) is 5.88 Å². The smallest absolute Gasteiger partial charge is 0.345 e. The van der Waals surface area contributed by atoms with Crippen LogP contribution in [0, 0.1) is 0 Å². The lowest BCUT2D eigenvalue weighted by atomic mass is 10.1. The van der Waals surface area contributed by atoms with Gasteiger partial charge in [0.05, 0.1) is 7.11 Å². The van der Waals surface area contributed by atoms with Gasteiger partial charge in [0.15, 0.2) is 5.56 Å². The van der Waals surface area contributed by atoms with Crippen molar-refractivity contribution in [2.75, 3.05) is 12.4 Å². The second-order valence-corrected chi connectivity index (χ2v) is 5.13. The number of methoxy groups -OCH3 is 1. The maximum Gasteiger partial charge on any atom is 0.345 e. The average molecular weight is 309 g/mol. The number of benzene rings is 1. The fourth-order valence-electron chi connectivity index (χ4n) is 1.84. The number of carbonyl (C=O) groups excluding carboxylic acids is 1. The van der Waals surface area contributed by atoms with Crippen LogP contribution in [0.3, 0.4) is 0 Å². The molecular weight excluding hydrogens is 292 g/mol. The molecule has 1 heterocycles. The van der Waals surface area contributed by atoms with Crippen LogP contribution in [0.5, 0.6) is 0 Å². The highest BCUT2D eigenvalue weighted by Gasteiger charge is 2.25. The minimum absolute atomic E-state index is 0.147. The molecule has 112 valence electrons. The van der Waals surface area contributed by atoms with Gasteiger partial charge in [0.1, 0.15) is 5.69 Å². The molecule has 2 aromatic rings. The molecule has 2 rings (SSSR count). The maximum absolute atomic E-state index is 12.0. The molecule has 0 radical (unpaired) electrons. The predicted octanol–water partition coefficient (Wildman–Crippen LogP) is 3.99. The molecule has 0 spiro atoms. The fraction of sp³-hybridized carbons (Fsp3) is 0.333. The van der Waals surface area contributed by atoms with E-state index in [2.05, 4.69) is 10.5 Å².